The van der Waals surface area contributed by atoms with Gasteiger partial charge in [0.15, 0.2) is 6.29 Å². The highest BCUT2D eigenvalue weighted by molar-refractivity contribution is 7.80. The van der Waals surface area contributed by atoms with Crippen molar-refractivity contribution in [2.24, 2.45) is 0 Å². The second kappa shape index (κ2) is 54.8. The highest BCUT2D eigenvalue weighted by atomic mass is 32.3. The van der Waals surface area contributed by atoms with E-state index in [0.29, 0.717) is 6.42 Å². The molecular weight excluding hydrogens is 1000 g/mol. The second-order valence-corrected chi connectivity index (χ2v) is 24.5. The van der Waals surface area contributed by atoms with E-state index in [2.05, 4.69) is 35.5 Å². The van der Waals surface area contributed by atoms with Gasteiger partial charge >= 0.3 is 10.4 Å². The van der Waals surface area contributed by atoms with E-state index in [-0.39, 0.29) is 18.9 Å². The molecule has 0 aromatic rings. The Hall–Kier alpha value is -1.42. The lowest BCUT2D eigenvalue weighted by Gasteiger charge is -2.41. The van der Waals surface area contributed by atoms with Crippen LogP contribution in [0.3, 0.4) is 0 Å². The van der Waals surface area contributed by atoms with Crippen LogP contribution >= 0.6 is 0 Å². The minimum atomic E-state index is -5.09. The number of ether oxygens (including phenoxy) is 2. The van der Waals surface area contributed by atoms with Crippen molar-refractivity contribution in [1.29, 1.82) is 0 Å². The molecule has 1 amide bonds. The zero-order valence-electron chi connectivity index (χ0n) is 50.5. The normalized spacial score (nSPS) is 18.9. The molecule has 0 bridgehead atoms. The summed E-state index contributed by atoms with van der Waals surface area (Å²) in [4.78, 5) is 13.2. The van der Waals surface area contributed by atoms with Crippen LogP contribution in [0.25, 0.3) is 0 Å². The number of allylic oxidation sites excluding steroid dienone is 3. The summed E-state index contributed by atoms with van der Waals surface area (Å²) in [5.74, 6) is -0.257. The topological polar surface area (TPSA) is 192 Å². The number of rotatable bonds is 59. The molecule has 0 aliphatic carbocycles. The summed E-state index contributed by atoms with van der Waals surface area (Å²) in [6, 6.07) is -0.945. The zero-order chi connectivity index (χ0) is 56.8. The Morgan fingerprint density at radius 2 is 0.821 bits per heavy atom. The van der Waals surface area contributed by atoms with Crippen molar-refractivity contribution in [2.45, 2.75) is 371 Å². The van der Waals surface area contributed by atoms with Gasteiger partial charge in [0.2, 0.25) is 5.91 Å². The molecule has 0 aromatic heterocycles. The molecule has 1 fully saturated rings. The van der Waals surface area contributed by atoms with Crippen molar-refractivity contribution in [1.82, 2.24) is 5.32 Å². The third-order valence-corrected chi connectivity index (χ3v) is 16.4. The lowest BCUT2D eigenvalue weighted by atomic mass is 9.99. The number of nitrogens with one attached hydrogen (secondary N) is 1. The van der Waals surface area contributed by atoms with E-state index in [4.69, 9.17) is 9.47 Å². The van der Waals surface area contributed by atoms with Crippen LogP contribution in [-0.4, -0.2) is 95.4 Å². The van der Waals surface area contributed by atoms with Gasteiger partial charge in [-0.2, -0.15) is 8.42 Å². The molecule has 7 unspecified atom stereocenters. The first-order valence-electron chi connectivity index (χ1n) is 33.2. The molecule has 1 saturated heterocycles. The Labute approximate surface area is 480 Å². The molecule has 1 heterocycles. The maximum atomic E-state index is 13.2. The largest absolute Gasteiger partial charge is 0.397 e. The third-order valence-electron chi connectivity index (χ3n) is 16.0. The van der Waals surface area contributed by atoms with Crippen LogP contribution in [0.15, 0.2) is 24.3 Å². The molecule has 0 radical (unpaired) electrons. The van der Waals surface area contributed by atoms with Gasteiger partial charge < -0.3 is 35.2 Å². The fraction of sp³-hybridized carbons (Fsp3) is 0.923. The maximum absolute atomic E-state index is 13.2. The molecule has 7 atom stereocenters. The van der Waals surface area contributed by atoms with Gasteiger partial charge in [-0.15, -0.1) is 0 Å². The van der Waals surface area contributed by atoms with Gasteiger partial charge in [0.25, 0.3) is 0 Å². The number of hydrogen-bond acceptors (Lipinski definition) is 10. The van der Waals surface area contributed by atoms with Gasteiger partial charge in [0.05, 0.1) is 25.4 Å². The number of unbranched alkanes of at least 4 members (excludes halogenated alkanes) is 45. The third kappa shape index (κ3) is 46.1. The average molecular weight is 1130 g/mol. The number of hydrogen-bond donors (Lipinski definition) is 6. The quantitative estimate of drug-likeness (QED) is 0.0193. The van der Waals surface area contributed by atoms with Crippen LogP contribution in [-0.2, 0) is 28.9 Å². The maximum Gasteiger partial charge on any atom is 0.397 e. The summed E-state index contributed by atoms with van der Waals surface area (Å²) < 4.78 is 48.0. The number of amides is 1. The summed E-state index contributed by atoms with van der Waals surface area (Å²) in [6.45, 7) is 3.46. The van der Waals surface area contributed by atoms with Gasteiger partial charge in [-0.1, -0.05) is 301 Å². The molecule has 78 heavy (non-hydrogen) atoms. The number of carbonyl (C=O) groups is 1. The van der Waals surface area contributed by atoms with E-state index in [1.54, 1.807) is 6.08 Å². The van der Waals surface area contributed by atoms with Crippen molar-refractivity contribution < 1.29 is 51.8 Å². The molecule has 13 heteroatoms. The van der Waals surface area contributed by atoms with Crippen molar-refractivity contribution in [3.8, 4) is 0 Å². The number of carbonyl (C=O) groups excluding carboxylic acids is 1. The van der Waals surface area contributed by atoms with Gasteiger partial charge in [0.1, 0.15) is 24.4 Å². The number of aliphatic hydroxyl groups excluding tert-OH is 4. The molecule has 1 aliphatic heterocycles. The minimum Gasteiger partial charge on any atom is -0.394 e. The van der Waals surface area contributed by atoms with Crippen molar-refractivity contribution in [3.63, 3.8) is 0 Å². The average Bonchev–Trinajstić information content (AvgIpc) is 3.45. The SMILES string of the molecule is CCCCCCCCCCCCCC/C=C\CCCCCCCCCCCCCC(=O)NC(COC1OC(CO)C(O)C(OS(=O)(=O)O)C1O)C(O)/C=C/CCCCCCCCCCCCCCCCCCCCCCCC. The molecule has 462 valence electrons. The molecule has 0 saturated carbocycles. The lowest BCUT2D eigenvalue weighted by Crippen LogP contribution is -2.61. The monoisotopic (exact) mass is 1130 g/mol. The van der Waals surface area contributed by atoms with E-state index < -0.39 is 59.9 Å². The van der Waals surface area contributed by atoms with Crippen molar-refractivity contribution in [3.05, 3.63) is 24.3 Å². The smallest absolute Gasteiger partial charge is 0.394 e. The van der Waals surface area contributed by atoms with Crippen LogP contribution in [0.1, 0.15) is 328 Å². The molecule has 12 nitrogen and oxygen atoms in total. The van der Waals surface area contributed by atoms with Crippen LogP contribution < -0.4 is 5.32 Å². The lowest BCUT2D eigenvalue weighted by molar-refractivity contribution is -0.298. The standard InChI is InChI=1S/C65H125NO11S/c1-3-5-7-9-11-13-15-17-19-21-23-25-27-29-30-31-33-35-37-39-41-43-45-47-49-51-53-55-61(69)66-58(57-75-65-63(71)64(77-78(72,73)74)62(70)60(56-67)76-65)59(68)54-52-50-48-46-44-42-40-38-36-34-32-28-26-24-22-20-18-16-14-12-10-8-6-4-2/h29-30,52,54,58-60,62-65,67-68,70-71H,3-28,31-51,53,55-57H2,1-2H3,(H,66,69)(H,72,73,74)/b30-29-,54-52+. The van der Waals surface area contributed by atoms with E-state index in [0.717, 1.165) is 38.5 Å². The van der Waals surface area contributed by atoms with Crippen LogP contribution in [0, 0.1) is 0 Å². The van der Waals surface area contributed by atoms with E-state index in [9.17, 15) is 38.2 Å². The van der Waals surface area contributed by atoms with Crippen molar-refractivity contribution in [2.75, 3.05) is 13.2 Å². The highest BCUT2D eigenvalue weighted by Gasteiger charge is 2.48. The first-order valence-corrected chi connectivity index (χ1v) is 34.6. The van der Waals surface area contributed by atoms with Gasteiger partial charge in [0, 0.05) is 6.42 Å². The van der Waals surface area contributed by atoms with E-state index in [1.807, 2.05) is 6.08 Å². The predicted molar refractivity (Wildman–Crippen MR) is 324 cm³/mol. The van der Waals surface area contributed by atoms with Gasteiger partial charge in [-0.3, -0.25) is 9.35 Å². The highest BCUT2D eigenvalue weighted by Crippen LogP contribution is 2.26. The van der Waals surface area contributed by atoms with Crippen LogP contribution in [0.2, 0.25) is 0 Å². The van der Waals surface area contributed by atoms with Crippen molar-refractivity contribution >= 4 is 16.3 Å². The van der Waals surface area contributed by atoms with E-state index >= 15 is 0 Å². The van der Waals surface area contributed by atoms with Gasteiger partial charge in [-0.05, 0) is 44.9 Å². The second-order valence-electron chi connectivity index (χ2n) is 23.4. The Balaban J connectivity index is 2.29. The predicted octanol–water partition coefficient (Wildman–Crippen LogP) is 16.7. The zero-order valence-corrected chi connectivity index (χ0v) is 51.3. The molecule has 1 aliphatic rings. The Bertz CT molecular complexity index is 1470. The molecular formula is C65H125NO11S. The Morgan fingerprint density at radius 1 is 0.500 bits per heavy atom. The first-order chi connectivity index (χ1) is 38.0. The fourth-order valence-corrected chi connectivity index (χ4v) is 11.4. The molecule has 1 rings (SSSR count). The fourth-order valence-electron chi connectivity index (χ4n) is 10.9. The number of aliphatic hydroxyl groups is 4. The van der Waals surface area contributed by atoms with Gasteiger partial charge in [-0.25, -0.2) is 4.18 Å². The summed E-state index contributed by atoms with van der Waals surface area (Å²) in [5, 5.41) is 45.1. The van der Waals surface area contributed by atoms with Crippen LogP contribution in [0.4, 0.5) is 0 Å². The molecule has 0 aromatic carbocycles. The van der Waals surface area contributed by atoms with Crippen LogP contribution in [0.5, 0.6) is 0 Å². The minimum absolute atomic E-state index is 0.257. The summed E-state index contributed by atoms with van der Waals surface area (Å²) in [7, 11) is -5.09. The molecule has 0 spiro atoms. The summed E-state index contributed by atoms with van der Waals surface area (Å²) in [5.41, 5.74) is 0. The molecule has 6 N–H and O–H groups in total. The summed E-state index contributed by atoms with van der Waals surface area (Å²) >= 11 is 0. The summed E-state index contributed by atoms with van der Waals surface area (Å²) in [6.07, 6.45) is 60.9. The first kappa shape index (κ1) is 74.6. The van der Waals surface area contributed by atoms with E-state index in [1.165, 1.54) is 263 Å². The Kier molecular flexibility index (Phi) is 52.4. The Morgan fingerprint density at radius 3 is 1.15 bits per heavy atom.